The van der Waals surface area contributed by atoms with E-state index < -0.39 is 0 Å². The average molecular weight is 194 g/mol. The summed E-state index contributed by atoms with van der Waals surface area (Å²) in [5.41, 5.74) is 1.10. The van der Waals surface area contributed by atoms with Crippen molar-refractivity contribution < 1.29 is 18.9 Å². The molecule has 0 aromatic heterocycles. The van der Waals surface area contributed by atoms with Crippen molar-refractivity contribution in [2.24, 2.45) is 0 Å². The van der Waals surface area contributed by atoms with Gasteiger partial charge >= 0.3 is 18.9 Å². The van der Waals surface area contributed by atoms with Crippen molar-refractivity contribution in [3.05, 3.63) is 41.5 Å². The van der Waals surface area contributed by atoms with Crippen molar-refractivity contribution in [1.82, 2.24) is 0 Å². The Hall–Kier alpha value is 0.268. The molecule has 12 heavy (non-hydrogen) atoms. The zero-order valence-corrected chi connectivity index (χ0v) is 9.83. The van der Waals surface area contributed by atoms with Gasteiger partial charge in [0.15, 0.2) is 0 Å². The van der Waals surface area contributed by atoms with E-state index in [9.17, 15) is 0 Å². The first kappa shape index (κ1) is 12.3. The Morgan fingerprint density at radius 1 is 1.17 bits per heavy atom. The number of nitrogens with zero attached hydrogens (tertiary/aromatic N) is 1. The minimum absolute atomic E-state index is 0. The van der Waals surface area contributed by atoms with Gasteiger partial charge in [0.2, 0.25) is 0 Å². The molecule has 1 aliphatic rings. The van der Waals surface area contributed by atoms with E-state index in [1.807, 2.05) is 18.2 Å². The van der Waals surface area contributed by atoms with E-state index in [1.165, 1.54) is 0 Å². The normalized spacial score (nSPS) is 15.1. The fourth-order valence-electron chi connectivity index (χ4n) is 0.710. The fourth-order valence-corrected chi connectivity index (χ4v) is 1.21. The Labute approximate surface area is 95.2 Å². The molecule has 0 N–H and O–H groups in total. The van der Waals surface area contributed by atoms with Gasteiger partial charge < -0.3 is 5.32 Å². The van der Waals surface area contributed by atoms with Crippen LogP contribution in [-0.4, -0.2) is 30.7 Å². The van der Waals surface area contributed by atoms with Gasteiger partial charge in [-0.1, -0.05) is 18.2 Å². The first-order valence-corrected chi connectivity index (χ1v) is 4.59. The molecule has 0 amide bonds. The minimum atomic E-state index is -0.332. The number of rotatable bonds is 1. The van der Waals surface area contributed by atoms with Gasteiger partial charge in [-0.25, -0.2) is 0 Å². The summed E-state index contributed by atoms with van der Waals surface area (Å²) in [4.78, 5) is 0. The van der Waals surface area contributed by atoms with Crippen LogP contribution in [0.3, 0.4) is 0 Å². The van der Waals surface area contributed by atoms with Crippen LogP contribution in [0.5, 0.6) is 0 Å². The molecule has 0 atom stereocenters. The number of hydrogen-bond acceptors (Lipinski definition) is 0. The smallest absolute Gasteiger partial charge is 0.670 e. The van der Waals surface area contributed by atoms with E-state index in [0.29, 0.717) is 0 Å². The molecule has 0 saturated heterocycles. The predicted octanol–water partition coefficient (Wildman–Crippen LogP) is -2.09. The Balaban J connectivity index is 0.00000121. The number of hydrogen-bond donors (Lipinski definition) is 0. The maximum Gasteiger partial charge on any atom is 1.00 e. The molecule has 0 aliphatic carbocycles. The SMILES string of the molecule is [Li+].[Si]C([Si])([Si])C=C1C=C[N-]C=C1. The molecular formula is C7H5LiNSi3. The van der Waals surface area contributed by atoms with E-state index in [4.69, 9.17) is 0 Å². The summed E-state index contributed by atoms with van der Waals surface area (Å²) in [5.74, 6) is 0. The summed E-state index contributed by atoms with van der Waals surface area (Å²) in [6.45, 7) is 0. The summed E-state index contributed by atoms with van der Waals surface area (Å²) in [7, 11) is 10.2. The number of allylic oxidation sites excluding steroid dienone is 4. The maximum absolute atomic E-state index is 3.91. The molecule has 0 fully saturated rings. The summed E-state index contributed by atoms with van der Waals surface area (Å²) in [5, 5.41) is 3.91. The van der Waals surface area contributed by atoms with Crippen LogP contribution in [0.1, 0.15) is 0 Å². The quantitative estimate of drug-likeness (QED) is 0.425. The molecule has 0 aromatic carbocycles. The van der Waals surface area contributed by atoms with Crippen LogP contribution in [0.25, 0.3) is 5.32 Å². The molecule has 9 radical (unpaired) electrons. The third-order valence-corrected chi connectivity index (χ3v) is 1.52. The molecule has 1 rings (SSSR count). The maximum atomic E-state index is 3.91. The first-order chi connectivity index (χ1) is 5.08. The van der Waals surface area contributed by atoms with Crippen LogP contribution in [0, 0.1) is 0 Å². The van der Waals surface area contributed by atoms with Crippen LogP contribution in [0.15, 0.2) is 36.2 Å². The topological polar surface area (TPSA) is 14.1 Å². The largest absolute Gasteiger partial charge is 1.00 e. The van der Waals surface area contributed by atoms with Gasteiger partial charge in [-0.05, 0) is 9.86 Å². The molecule has 0 spiro atoms. The fraction of sp³-hybridized carbons (Fsp3) is 0.143. The summed E-state index contributed by atoms with van der Waals surface area (Å²) in [6, 6.07) is 0. The molecule has 1 nitrogen and oxygen atoms in total. The molecule has 1 heterocycles. The predicted molar refractivity (Wildman–Crippen MR) is 49.7 cm³/mol. The molecule has 1 aliphatic heterocycles. The Morgan fingerprint density at radius 2 is 1.67 bits per heavy atom. The van der Waals surface area contributed by atoms with E-state index in [-0.39, 0.29) is 23.1 Å². The third kappa shape index (κ3) is 5.01. The minimum Gasteiger partial charge on any atom is -0.670 e. The van der Waals surface area contributed by atoms with Crippen LogP contribution < -0.4 is 18.9 Å². The average Bonchev–Trinajstić information content (AvgIpc) is 1.85. The van der Waals surface area contributed by atoms with Gasteiger partial charge in [-0.2, -0.15) is 12.4 Å². The third-order valence-electron chi connectivity index (χ3n) is 1.09. The van der Waals surface area contributed by atoms with Gasteiger partial charge in [0.05, 0.1) is 0 Å². The Morgan fingerprint density at radius 3 is 2.08 bits per heavy atom. The molecule has 0 aromatic rings. The molecule has 5 heteroatoms. The van der Waals surface area contributed by atoms with Gasteiger partial charge in [-0.3, -0.25) is 0 Å². The standard InChI is InChI=1S/C7H5NSi3.Li/c9-7(10,11)5-6-1-3-8-4-2-6;/h1-5H;/q-1;+1. The van der Waals surface area contributed by atoms with Crippen molar-refractivity contribution >= 4 is 30.7 Å². The monoisotopic (exact) mass is 194 g/mol. The van der Waals surface area contributed by atoms with E-state index in [2.05, 4.69) is 36.0 Å². The summed E-state index contributed by atoms with van der Waals surface area (Å²) in [6.07, 6.45) is 9.33. The zero-order valence-electron chi connectivity index (χ0n) is 6.83. The van der Waals surface area contributed by atoms with Crippen molar-refractivity contribution in [2.45, 2.75) is 4.28 Å². The van der Waals surface area contributed by atoms with Gasteiger partial charge in [0, 0.05) is 30.7 Å². The summed E-state index contributed by atoms with van der Waals surface area (Å²) >= 11 is 0. The van der Waals surface area contributed by atoms with Crippen molar-refractivity contribution in [1.29, 1.82) is 0 Å². The molecule has 0 unspecified atom stereocenters. The second-order valence-corrected chi connectivity index (χ2v) is 6.10. The second kappa shape index (κ2) is 5.10. The first-order valence-electron chi connectivity index (χ1n) is 3.09. The Kier molecular flexibility index (Phi) is 5.21. The van der Waals surface area contributed by atoms with Crippen molar-refractivity contribution in [3.63, 3.8) is 0 Å². The van der Waals surface area contributed by atoms with Gasteiger partial charge in [0.1, 0.15) is 0 Å². The van der Waals surface area contributed by atoms with E-state index in [0.717, 1.165) is 5.57 Å². The van der Waals surface area contributed by atoms with Crippen molar-refractivity contribution in [3.8, 4) is 0 Å². The molecule has 51 valence electrons. The molecular weight excluding hydrogens is 189 g/mol. The van der Waals surface area contributed by atoms with Crippen molar-refractivity contribution in [2.75, 3.05) is 0 Å². The van der Waals surface area contributed by atoms with E-state index >= 15 is 0 Å². The van der Waals surface area contributed by atoms with Gasteiger partial charge in [0.25, 0.3) is 0 Å². The Bertz CT molecular complexity index is 213. The van der Waals surface area contributed by atoms with Crippen LogP contribution in [0.2, 0.25) is 4.28 Å². The van der Waals surface area contributed by atoms with E-state index in [1.54, 1.807) is 12.4 Å². The van der Waals surface area contributed by atoms with Crippen LogP contribution in [0.4, 0.5) is 0 Å². The molecule has 0 bridgehead atoms. The van der Waals surface area contributed by atoms with Gasteiger partial charge in [-0.15, -0.1) is 0 Å². The van der Waals surface area contributed by atoms with Crippen LogP contribution >= 0.6 is 0 Å². The van der Waals surface area contributed by atoms with Crippen LogP contribution in [-0.2, 0) is 0 Å². The summed E-state index contributed by atoms with van der Waals surface area (Å²) < 4.78 is -0.332. The molecule has 0 saturated carbocycles. The zero-order chi connectivity index (χ0) is 8.32. The second-order valence-electron chi connectivity index (χ2n) is 2.23.